The van der Waals surface area contributed by atoms with E-state index in [2.05, 4.69) is 25.9 Å². The summed E-state index contributed by atoms with van der Waals surface area (Å²) in [5.41, 5.74) is 3.58. The minimum absolute atomic E-state index is 0.343. The molecular formula is C24H21N5OS. The third kappa shape index (κ3) is 5.61. The summed E-state index contributed by atoms with van der Waals surface area (Å²) in [7, 11) is 0. The molecular weight excluding hydrogens is 406 g/mol. The molecule has 0 atom stereocenters. The zero-order valence-corrected chi connectivity index (χ0v) is 17.7. The van der Waals surface area contributed by atoms with Crippen LogP contribution in [0, 0.1) is 0 Å². The average Bonchev–Trinajstić information content (AvgIpc) is 2.80. The largest absolute Gasteiger partial charge is 0.340 e. The summed E-state index contributed by atoms with van der Waals surface area (Å²) in [6, 6.07) is 24.8. The van der Waals surface area contributed by atoms with Gasteiger partial charge in [0.1, 0.15) is 11.6 Å². The Morgan fingerprint density at radius 3 is 2.16 bits per heavy atom. The molecule has 0 spiro atoms. The SMILES string of the molecule is CSc1cccc(NC(=O)Nc2cc(-c3ccnc(Nc4ccccc4)c3)ccn2)c1. The Balaban J connectivity index is 1.46. The van der Waals surface area contributed by atoms with Gasteiger partial charge in [-0.1, -0.05) is 24.3 Å². The van der Waals surface area contributed by atoms with Crippen molar-refractivity contribution < 1.29 is 4.79 Å². The average molecular weight is 428 g/mol. The van der Waals surface area contributed by atoms with Crippen LogP contribution >= 0.6 is 11.8 Å². The van der Waals surface area contributed by atoms with Gasteiger partial charge in [0.15, 0.2) is 0 Å². The predicted octanol–water partition coefficient (Wildman–Crippen LogP) is 6.25. The molecule has 2 aromatic heterocycles. The maximum absolute atomic E-state index is 12.4. The quantitative estimate of drug-likeness (QED) is 0.317. The lowest BCUT2D eigenvalue weighted by molar-refractivity contribution is 0.262. The summed E-state index contributed by atoms with van der Waals surface area (Å²) in [4.78, 5) is 22.1. The number of nitrogens with zero attached hydrogens (tertiary/aromatic N) is 2. The third-order valence-electron chi connectivity index (χ3n) is 4.47. The third-order valence-corrected chi connectivity index (χ3v) is 5.19. The van der Waals surface area contributed by atoms with Crippen LogP contribution in [0.1, 0.15) is 0 Å². The predicted molar refractivity (Wildman–Crippen MR) is 128 cm³/mol. The Bertz CT molecular complexity index is 1180. The van der Waals surface area contributed by atoms with E-state index in [9.17, 15) is 4.79 Å². The minimum atomic E-state index is -0.343. The van der Waals surface area contributed by atoms with Gasteiger partial charge in [-0.25, -0.2) is 14.8 Å². The van der Waals surface area contributed by atoms with Crippen molar-refractivity contribution in [3.8, 4) is 11.1 Å². The Labute approximate surface area is 185 Å². The van der Waals surface area contributed by atoms with Crippen LogP contribution in [0.15, 0.2) is 96.2 Å². The number of thioether (sulfide) groups is 1. The topological polar surface area (TPSA) is 78.9 Å². The number of hydrogen-bond donors (Lipinski definition) is 3. The molecule has 154 valence electrons. The van der Waals surface area contributed by atoms with E-state index in [1.165, 1.54) is 0 Å². The number of amides is 2. The standard InChI is InChI=1S/C24H21N5OS/c1-31-21-9-5-8-20(16-21)28-24(30)29-23-15-18(11-13-26-23)17-10-12-25-22(14-17)27-19-6-3-2-4-7-19/h2-16H,1H3,(H,25,27)(H2,26,28,29,30). The van der Waals surface area contributed by atoms with Crippen molar-refractivity contribution >= 4 is 40.8 Å². The van der Waals surface area contributed by atoms with Gasteiger partial charge in [-0.3, -0.25) is 5.32 Å². The summed E-state index contributed by atoms with van der Waals surface area (Å²) in [5.74, 6) is 1.20. The second-order valence-electron chi connectivity index (χ2n) is 6.66. The smallest absolute Gasteiger partial charge is 0.324 e. The highest BCUT2D eigenvalue weighted by Crippen LogP contribution is 2.25. The summed E-state index contributed by atoms with van der Waals surface area (Å²) in [6.45, 7) is 0. The molecule has 0 fully saturated rings. The second kappa shape index (κ2) is 9.77. The van der Waals surface area contributed by atoms with Gasteiger partial charge in [-0.2, -0.15) is 0 Å². The lowest BCUT2D eigenvalue weighted by Crippen LogP contribution is -2.20. The van der Waals surface area contributed by atoms with E-state index in [0.717, 1.165) is 33.2 Å². The number of nitrogens with one attached hydrogen (secondary N) is 3. The van der Waals surface area contributed by atoms with Gasteiger partial charge in [0.05, 0.1) is 0 Å². The molecule has 0 aliphatic carbocycles. The summed E-state index contributed by atoms with van der Waals surface area (Å²) in [6.07, 6.45) is 5.41. The first-order valence-electron chi connectivity index (χ1n) is 9.66. The fourth-order valence-electron chi connectivity index (χ4n) is 3.01. The van der Waals surface area contributed by atoms with Gasteiger partial charge in [0.2, 0.25) is 0 Å². The van der Waals surface area contributed by atoms with Crippen molar-refractivity contribution in [2.45, 2.75) is 4.90 Å². The normalized spacial score (nSPS) is 10.4. The monoisotopic (exact) mass is 427 g/mol. The molecule has 0 saturated heterocycles. The molecule has 31 heavy (non-hydrogen) atoms. The molecule has 0 bridgehead atoms. The number of carbonyl (C=O) groups excluding carboxylic acids is 1. The molecule has 3 N–H and O–H groups in total. The molecule has 2 aromatic carbocycles. The first-order valence-corrected chi connectivity index (χ1v) is 10.9. The van der Waals surface area contributed by atoms with E-state index in [1.54, 1.807) is 24.2 Å². The fraction of sp³-hybridized carbons (Fsp3) is 0.0417. The number of urea groups is 1. The molecule has 4 aromatic rings. The number of hydrogen-bond acceptors (Lipinski definition) is 5. The number of aromatic nitrogens is 2. The molecule has 0 unspecified atom stereocenters. The van der Waals surface area contributed by atoms with Crippen molar-refractivity contribution in [2.75, 3.05) is 22.2 Å². The van der Waals surface area contributed by atoms with E-state index in [1.807, 2.05) is 85.1 Å². The lowest BCUT2D eigenvalue weighted by Gasteiger charge is -2.10. The maximum atomic E-state index is 12.4. The van der Waals surface area contributed by atoms with Gasteiger partial charge in [-0.15, -0.1) is 11.8 Å². The molecule has 4 rings (SSSR count). The van der Waals surface area contributed by atoms with E-state index in [4.69, 9.17) is 0 Å². The van der Waals surface area contributed by atoms with Gasteiger partial charge in [0, 0.05) is 28.7 Å². The highest BCUT2D eigenvalue weighted by molar-refractivity contribution is 7.98. The second-order valence-corrected chi connectivity index (χ2v) is 7.54. The summed E-state index contributed by atoms with van der Waals surface area (Å²) < 4.78 is 0. The van der Waals surface area contributed by atoms with Crippen LogP contribution in [-0.2, 0) is 0 Å². The van der Waals surface area contributed by atoms with Crippen LogP contribution in [0.4, 0.5) is 27.8 Å². The van der Waals surface area contributed by atoms with Crippen LogP contribution in [-0.4, -0.2) is 22.3 Å². The summed E-state index contributed by atoms with van der Waals surface area (Å²) >= 11 is 1.62. The molecule has 7 heteroatoms. The van der Waals surface area contributed by atoms with Crippen LogP contribution in [0.5, 0.6) is 0 Å². The lowest BCUT2D eigenvalue weighted by atomic mass is 10.1. The molecule has 2 amide bonds. The van der Waals surface area contributed by atoms with Crippen LogP contribution in [0.2, 0.25) is 0 Å². The van der Waals surface area contributed by atoms with Crippen molar-refractivity contribution in [3.63, 3.8) is 0 Å². The van der Waals surface area contributed by atoms with Crippen LogP contribution < -0.4 is 16.0 Å². The van der Waals surface area contributed by atoms with E-state index < -0.39 is 0 Å². The van der Waals surface area contributed by atoms with E-state index >= 15 is 0 Å². The van der Waals surface area contributed by atoms with Gasteiger partial charge < -0.3 is 10.6 Å². The van der Waals surface area contributed by atoms with Crippen molar-refractivity contribution in [2.24, 2.45) is 0 Å². The molecule has 0 aliphatic heterocycles. The number of carbonyl (C=O) groups is 1. The number of rotatable bonds is 6. The first kappa shape index (κ1) is 20.4. The van der Waals surface area contributed by atoms with Crippen molar-refractivity contribution in [3.05, 3.63) is 91.3 Å². The minimum Gasteiger partial charge on any atom is -0.340 e. The zero-order chi connectivity index (χ0) is 21.5. The van der Waals surface area contributed by atoms with E-state index in [0.29, 0.717) is 5.82 Å². The Morgan fingerprint density at radius 2 is 1.42 bits per heavy atom. The highest BCUT2D eigenvalue weighted by Gasteiger charge is 2.07. The number of benzene rings is 2. The first-order chi connectivity index (χ1) is 15.2. The molecule has 0 radical (unpaired) electrons. The molecule has 0 saturated carbocycles. The molecule has 0 aliphatic rings. The van der Waals surface area contributed by atoms with Gasteiger partial charge >= 0.3 is 6.03 Å². The van der Waals surface area contributed by atoms with Gasteiger partial charge in [0.25, 0.3) is 0 Å². The van der Waals surface area contributed by atoms with Crippen molar-refractivity contribution in [1.29, 1.82) is 0 Å². The zero-order valence-electron chi connectivity index (χ0n) is 16.9. The van der Waals surface area contributed by atoms with E-state index in [-0.39, 0.29) is 6.03 Å². The molecule has 2 heterocycles. The van der Waals surface area contributed by atoms with Crippen LogP contribution in [0.25, 0.3) is 11.1 Å². The number of anilines is 4. The Morgan fingerprint density at radius 1 is 0.742 bits per heavy atom. The van der Waals surface area contributed by atoms with Gasteiger partial charge in [-0.05, 0) is 72.0 Å². The molecule has 6 nitrogen and oxygen atoms in total. The maximum Gasteiger partial charge on any atom is 0.324 e. The fourth-order valence-corrected chi connectivity index (χ4v) is 3.47. The number of pyridine rings is 2. The Kier molecular flexibility index (Phi) is 6.44. The van der Waals surface area contributed by atoms with Crippen molar-refractivity contribution in [1.82, 2.24) is 9.97 Å². The Hall–Kier alpha value is -3.84. The van der Waals surface area contributed by atoms with Crippen LogP contribution in [0.3, 0.4) is 0 Å². The summed E-state index contributed by atoms with van der Waals surface area (Å²) in [5, 5.41) is 8.92. The highest BCUT2D eigenvalue weighted by atomic mass is 32.2. The number of para-hydroxylation sites is 1.